The van der Waals surface area contributed by atoms with Gasteiger partial charge in [0.25, 0.3) is 10.0 Å². The highest BCUT2D eigenvalue weighted by atomic mass is 35.5. The predicted molar refractivity (Wildman–Crippen MR) is 170 cm³/mol. The molecule has 2 amide bonds. The number of halogens is 1. The summed E-state index contributed by atoms with van der Waals surface area (Å²) < 4.78 is 34.5. The van der Waals surface area contributed by atoms with Gasteiger partial charge in [-0.15, -0.1) is 0 Å². The minimum Gasteiger partial charge on any atom is -0.497 e. The first-order valence-corrected chi connectivity index (χ1v) is 16.4. The molecule has 3 aromatic carbocycles. The summed E-state index contributed by atoms with van der Waals surface area (Å²) in [7, 11) is -2.62. The third-order valence-electron chi connectivity index (χ3n) is 7.94. The highest BCUT2D eigenvalue weighted by Gasteiger charge is 2.33. The van der Waals surface area contributed by atoms with Crippen LogP contribution in [0.3, 0.4) is 0 Å². The van der Waals surface area contributed by atoms with Crippen LogP contribution in [0.2, 0.25) is 5.02 Å². The van der Waals surface area contributed by atoms with Crippen LogP contribution in [-0.4, -0.2) is 50.9 Å². The van der Waals surface area contributed by atoms with Gasteiger partial charge >= 0.3 is 0 Å². The predicted octanol–water partition coefficient (Wildman–Crippen LogP) is 6.03. The van der Waals surface area contributed by atoms with Crippen molar-refractivity contribution in [3.8, 4) is 5.75 Å². The van der Waals surface area contributed by atoms with Crippen molar-refractivity contribution < 1.29 is 22.7 Å². The normalized spacial score (nSPS) is 14.5. The fourth-order valence-corrected chi connectivity index (χ4v) is 6.80. The van der Waals surface area contributed by atoms with E-state index >= 15 is 0 Å². The lowest BCUT2D eigenvalue weighted by Crippen LogP contribution is -2.53. The summed E-state index contributed by atoms with van der Waals surface area (Å²) in [6, 6.07) is 17.8. The Morgan fingerprint density at radius 2 is 1.70 bits per heavy atom. The van der Waals surface area contributed by atoms with Gasteiger partial charge in [0.2, 0.25) is 11.8 Å². The van der Waals surface area contributed by atoms with Gasteiger partial charge in [-0.25, -0.2) is 8.42 Å². The van der Waals surface area contributed by atoms with Gasteiger partial charge < -0.3 is 15.0 Å². The number of benzene rings is 3. The molecule has 1 aliphatic carbocycles. The Hall–Kier alpha value is -3.56. The van der Waals surface area contributed by atoms with E-state index in [0.717, 1.165) is 53.1 Å². The number of rotatable bonds is 11. The fraction of sp³-hybridized carbons (Fsp3) is 0.394. The molecule has 3 aromatic rings. The highest BCUT2D eigenvalue weighted by molar-refractivity contribution is 7.92. The molecule has 1 fully saturated rings. The average molecular weight is 626 g/mol. The Labute approximate surface area is 260 Å². The molecule has 1 saturated carbocycles. The second-order valence-corrected chi connectivity index (χ2v) is 13.4. The molecule has 0 aliphatic heterocycles. The molecule has 0 radical (unpaired) electrons. The number of anilines is 1. The molecule has 230 valence electrons. The molecule has 0 aromatic heterocycles. The number of carbonyl (C=O) groups is 2. The first kappa shape index (κ1) is 32.4. The minimum atomic E-state index is -4.17. The van der Waals surface area contributed by atoms with Crippen molar-refractivity contribution in [2.45, 2.75) is 76.4 Å². The van der Waals surface area contributed by atoms with E-state index in [1.54, 1.807) is 56.5 Å². The van der Waals surface area contributed by atoms with Crippen molar-refractivity contribution in [1.29, 1.82) is 0 Å². The van der Waals surface area contributed by atoms with Crippen molar-refractivity contribution in [3.63, 3.8) is 0 Å². The molecule has 1 atom stereocenters. The van der Waals surface area contributed by atoms with Gasteiger partial charge in [0.15, 0.2) is 0 Å². The van der Waals surface area contributed by atoms with E-state index in [1.807, 2.05) is 26.0 Å². The van der Waals surface area contributed by atoms with Gasteiger partial charge in [-0.3, -0.25) is 13.9 Å². The Kier molecular flexibility index (Phi) is 10.7. The summed E-state index contributed by atoms with van der Waals surface area (Å²) in [4.78, 5) is 29.1. The lowest BCUT2D eigenvalue weighted by atomic mass is 9.95. The van der Waals surface area contributed by atoms with E-state index in [1.165, 1.54) is 17.0 Å². The van der Waals surface area contributed by atoms with Gasteiger partial charge in [0, 0.05) is 17.6 Å². The zero-order chi connectivity index (χ0) is 31.1. The van der Waals surface area contributed by atoms with Crippen LogP contribution in [0.15, 0.2) is 71.6 Å². The fourth-order valence-electron chi connectivity index (χ4n) is 5.22. The summed E-state index contributed by atoms with van der Waals surface area (Å²) in [6.45, 7) is 4.92. The molecule has 8 nitrogen and oxygen atoms in total. The number of hydrogen-bond acceptors (Lipinski definition) is 5. The van der Waals surface area contributed by atoms with Crippen LogP contribution in [0.1, 0.15) is 55.7 Å². The number of aryl methyl sites for hydroxylation is 2. The molecule has 43 heavy (non-hydrogen) atoms. The zero-order valence-corrected chi connectivity index (χ0v) is 26.7. The van der Waals surface area contributed by atoms with Crippen LogP contribution in [0.4, 0.5) is 5.69 Å². The van der Waals surface area contributed by atoms with Gasteiger partial charge in [-0.05, 0) is 81.1 Å². The monoisotopic (exact) mass is 625 g/mol. The first-order chi connectivity index (χ1) is 20.5. The lowest BCUT2D eigenvalue weighted by molar-refractivity contribution is -0.139. The SMILES string of the molecule is COc1cccc(CN(C(=O)CN(c2ccc(C)c(Cl)c2)S(=O)(=O)c2ccc(C)cc2)C(C)C(=O)NC2CCCCC2)c1. The number of methoxy groups -OCH3 is 1. The number of hydrogen-bond donors (Lipinski definition) is 1. The molecule has 0 saturated heterocycles. The number of nitrogens with one attached hydrogen (secondary N) is 1. The Morgan fingerprint density at radius 3 is 2.35 bits per heavy atom. The molecular formula is C33H40ClN3O5S. The molecule has 0 spiro atoms. The van der Waals surface area contributed by atoms with Gasteiger partial charge in [-0.1, -0.05) is 66.8 Å². The Balaban J connectivity index is 1.70. The molecule has 0 heterocycles. The van der Waals surface area contributed by atoms with Crippen molar-refractivity contribution in [1.82, 2.24) is 10.2 Å². The highest BCUT2D eigenvalue weighted by Crippen LogP contribution is 2.29. The maximum atomic E-state index is 14.2. The lowest BCUT2D eigenvalue weighted by Gasteiger charge is -2.33. The summed E-state index contributed by atoms with van der Waals surface area (Å²) in [6.07, 6.45) is 5.06. The van der Waals surface area contributed by atoms with Gasteiger partial charge in [0.05, 0.1) is 17.7 Å². The minimum absolute atomic E-state index is 0.0463. The smallest absolute Gasteiger partial charge is 0.264 e. The molecule has 1 aliphatic rings. The summed E-state index contributed by atoms with van der Waals surface area (Å²) in [5.74, 6) is -0.182. The van der Waals surface area contributed by atoms with Crippen LogP contribution in [0, 0.1) is 13.8 Å². The number of amides is 2. The van der Waals surface area contributed by atoms with E-state index in [4.69, 9.17) is 16.3 Å². The third kappa shape index (κ3) is 8.09. The molecule has 1 unspecified atom stereocenters. The van der Waals surface area contributed by atoms with Gasteiger partial charge in [0.1, 0.15) is 18.3 Å². The number of carbonyl (C=O) groups excluding carboxylic acids is 2. The maximum Gasteiger partial charge on any atom is 0.264 e. The van der Waals surface area contributed by atoms with Crippen LogP contribution in [0.25, 0.3) is 0 Å². The van der Waals surface area contributed by atoms with E-state index in [-0.39, 0.29) is 29.1 Å². The second-order valence-electron chi connectivity index (χ2n) is 11.2. The van der Waals surface area contributed by atoms with Crippen LogP contribution in [0.5, 0.6) is 5.75 Å². The number of ether oxygens (including phenoxy) is 1. The van der Waals surface area contributed by atoms with Crippen molar-refractivity contribution >= 4 is 39.1 Å². The maximum absolute atomic E-state index is 14.2. The van der Waals surface area contributed by atoms with Crippen molar-refractivity contribution in [2.24, 2.45) is 0 Å². The summed E-state index contributed by atoms with van der Waals surface area (Å²) in [5.41, 5.74) is 2.68. The average Bonchev–Trinajstić information content (AvgIpc) is 3.00. The van der Waals surface area contributed by atoms with Crippen molar-refractivity contribution in [3.05, 3.63) is 88.4 Å². The third-order valence-corrected chi connectivity index (χ3v) is 10.1. The molecule has 10 heteroatoms. The quantitative estimate of drug-likeness (QED) is 0.281. The first-order valence-electron chi connectivity index (χ1n) is 14.6. The van der Waals surface area contributed by atoms with E-state index in [0.29, 0.717) is 10.8 Å². The molecule has 4 rings (SSSR count). The van der Waals surface area contributed by atoms with Crippen LogP contribution in [-0.2, 0) is 26.2 Å². The van der Waals surface area contributed by atoms with E-state index in [2.05, 4.69) is 5.32 Å². The topological polar surface area (TPSA) is 96.0 Å². The summed E-state index contributed by atoms with van der Waals surface area (Å²) in [5, 5.41) is 3.49. The summed E-state index contributed by atoms with van der Waals surface area (Å²) >= 11 is 6.41. The molecule has 1 N–H and O–H groups in total. The van der Waals surface area contributed by atoms with E-state index < -0.39 is 28.5 Å². The zero-order valence-electron chi connectivity index (χ0n) is 25.2. The van der Waals surface area contributed by atoms with Crippen molar-refractivity contribution in [2.75, 3.05) is 18.0 Å². The molecular weight excluding hydrogens is 586 g/mol. The van der Waals surface area contributed by atoms with Crippen LogP contribution >= 0.6 is 11.6 Å². The van der Waals surface area contributed by atoms with Crippen LogP contribution < -0.4 is 14.4 Å². The molecule has 0 bridgehead atoms. The number of sulfonamides is 1. The number of nitrogens with zero attached hydrogens (tertiary/aromatic N) is 2. The second kappa shape index (κ2) is 14.3. The Bertz CT molecular complexity index is 1540. The Morgan fingerprint density at radius 1 is 1.00 bits per heavy atom. The standard InChI is InChI=1S/C33H40ClN3O5S/c1-23-13-17-30(18-14-23)43(40,41)37(28-16-15-24(2)31(34)20-28)22-32(38)36(21-26-9-8-12-29(19-26)42-4)25(3)33(39)35-27-10-6-5-7-11-27/h8-9,12-20,25,27H,5-7,10-11,21-22H2,1-4H3,(H,35,39). The van der Waals surface area contributed by atoms with Gasteiger partial charge in [-0.2, -0.15) is 0 Å². The largest absolute Gasteiger partial charge is 0.497 e. The van der Waals surface area contributed by atoms with E-state index in [9.17, 15) is 18.0 Å².